The fourth-order valence-corrected chi connectivity index (χ4v) is 3.10. The highest BCUT2D eigenvalue weighted by Crippen LogP contribution is 2.38. The first-order valence-corrected chi connectivity index (χ1v) is 8.04. The van der Waals surface area contributed by atoms with Gasteiger partial charge in [0.25, 0.3) is 0 Å². The molecule has 1 amide bonds. The number of aliphatic hydroxyl groups is 1. The summed E-state index contributed by atoms with van der Waals surface area (Å²) in [6, 6.07) is 0. The Bertz CT molecular complexity index is 346. The smallest absolute Gasteiger partial charge is 0.310 e. The number of carboxylic acid groups (broad SMARTS) is 1. The van der Waals surface area contributed by atoms with E-state index in [4.69, 9.17) is 0 Å². The van der Waals surface area contributed by atoms with E-state index in [1.54, 1.807) is 0 Å². The van der Waals surface area contributed by atoms with Crippen LogP contribution in [0, 0.1) is 11.3 Å². The summed E-state index contributed by atoms with van der Waals surface area (Å²) in [5, 5.41) is 22.0. The summed E-state index contributed by atoms with van der Waals surface area (Å²) < 4.78 is 0. The van der Waals surface area contributed by atoms with Gasteiger partial charge in [-0.25, -0.2) is 0 Å². The summed E-state index contributed by atoms with van der Waals surface area (Å²) in [5.41, 5.74) is -0.913. The molecule has 1 saturated carbocycles. The van der Waals surface area contributed by atoms with Crippen molar-refractivity contribution < 1.29 is 19.8 Å². The molecule has 1 atom stereocenters. The molecule has 1 aliphatic carbocycles. The zero-order chi connectivity index (χ0) is 15.9. The molecule has 5 heteroatoms. The van der Waals surface area contributed by atoms with Crippen LogP contribution in [0.2, 0.25) is 0 Å². The van der Waals surface area contributed by atoms with Crippen molar-refractivity contribution in [2.75, 3.05) is 6.54 Å². The maximum atomic E-state index is 12.0. The molecule has 0 saturated heterocycles. The van der Waals surface area contributed by atoms with Crippen LogP contribution < -0.4 is 5.32 Å². The average molecular weight is 299 g/mol. The fraction of sp³-hybridized carbons (Fsp3) is 0.875. The van der Waals surface area contributed by atoms with Crippen LogP contribution >= 0.6 is 0 Å². The van der Waals surface area contributed by atoms with E-state index in [0.717, 1.165) is 25.7 Å². The molecule has 3 N–H and O–H groups in total. The Labute approximate surface area is 127 Å². The van der Waals surface area contributed by atoms with Crippen LogP contribution in [0.15, 0.2) is 0 Å². The molecule has 0 heterocycles. The summed E-state index contributed by atoms with van der Waals surface area (Å²) >= 11 is 0. The van der Waals surface area contributed by atoms with Gasteiger partial charge < -0.3 is 15.5 Å². The molecule has 0 aromatic carbocycles. The van der Waals surface area contributed by atoms with Gasteiger partial charge in [-0.05, 0) is 25.2 Å². The van der Waals surface area contributed by atoms with Crippen LogP contribution in [-0.4, -0.2) is 34.7 Å². The van der Waals surface area contributed by atoms with Crippen molar-refractivity contribution in [2.24, 2.45) is 11.3 Å². The number of hydrogen-bond donors (Lipinski definition) is 3. The van der Waals surface area contributed by atoms with Crippen molar-refractivity contribution >= 4 is 11.9 Å². The molecular formula is C16H29NO4. The van der Waals surface area contributed by atoms with E-state index < -0.39 is 17.5 Å². The molecule has 0 aromatic heterocycles. The molecule has 1 rings (SSSR count). The zero-order valence-electron chi connectivity index (χ0n) is 13.2. The quantitative estimate of drug-likeness (QED) is 0.630. The van der Waals surface area contributed by atoms with Gasteiger partial charge in [0.15, 0.2) is 0 Å². The second-order valence-electron chi connectivity index (χ2n) is 6.76. The Kier molecular flexibility index (Phi) is 7.15. The lowest BCUT2D eigenvalue weighted by molar-refractivity contribution is -0.153. The SMILES string of the molecule is CC(C)CC(O)CNC(=O)CC1(C(=O)O)CCCCCC1. The summed E-state index contributed by atoms with van der Waals surface area (Å²) in [5.74, 6) is -0.756. The third-order valence-corrected chi connectivity index (χ3v) is 4.29. The number of rotatable bonds is 7. The number of aliphatic carboxylic acids is 1. The van der Waals surface area contributed by atoms with E-state index in [1.165, 1.54) is 0 Å². The average Bonchev–Trinajstić information content (AvgIpc) is 2.62. The third kappa shape index (κ3) is 6.04. The normalized spacial score (nSPS) is 19.8. The van der Waals surface area contributed by atoms with Crippen LogP contribution in [0.5, 0.6) is 0 Å². The number of aliphatic hydroxyl groups excluding tert-OH is 1. The molecule has 1 unspecified atom stereocenters. The van der Waals surface area contributed by atoms with E-state index in [-0.39, 0.29) is 18.9 Å². The van der Waals surface area contributed by atoms with E-state index in [1.807, 2.05) is 13.8 Å². The van der Waals surface area contributed by atoms with Crippen molar-refractivity contribution in [1.82, 2.24) is 5.32 Å². The lowest BCUT2D eigenvalue weighted by Gasteiger charge is -2.27. The van der Waals surface area contributed by atoms with Crippen LogP contribution in [0.3, 0.4) is 0 Å². The predicted octanol–water partition coefficient (Wildman–Crippen LogP) is 2.32. The van der Waals surface area contributed by atoms with Gasteiger partial charge in [0.05, 0.1) is 11.5 Å². The lowest BCUT2D eigenvalue weighted by Crippen LogP contribution is -2.40. The van der Waals surface area contributed by atoms with Gasteiger partial charge in [-0.2, -0.15) is 0 Å². The number of carbonyl (C=O) groups excluding carboxylic acids is 1. The Morgan fingerprint density at radius 3 is 2.19 bits per heavy atom. The molecule has 1 fully saturated rings. The minimum absolute atomic E-state index is 0.0245. The number of carbonyl (C=O) groups is 2. The minimum atomic E-state index is -0.913. The van der Waals surface area contributed by atoms with Crippen molar-refractivity contribution in [3.63, 3.8) is 0 Å². The van der Waals surface area contributed by atoms with Gasteiger partial charge in [0, 0.05) is 13.0 Å². The van der Waals surface area contributed by atoms with Crippen molar-refractivity contribution in [3.8, 4) is 0 Å². The van der Waals surface area contributed by atoms with E-state index in [2.05, 4.69) is 5.32 Å². The highest BCUT2D eigenvalue weighted by molar-refractivity contribution is 5.85. The molecule has 5 nitrogen and oxygen atoms in total. The molecule has 0 aromatic rings. The first kappa shape index (κ1) is 18.0. The van der Waals surface area contributed by atoms with E-state index in [9.17, 15) is 19.8 Å². The standard InChI is InChI=1S/C16H29NO4/c1-12(2)9-13(18)11-17-14(19)10-16(15(20)21)7-5-3-4-6-8-16/h12-13,18H,3-11H2,1-2H3,(H,17,19)(H,20,21). The number of hydrogen-bond acceptors (Lipinski definition) is 3. The second-order valence-corrected chi connectivity index (χ2v) is 6.76. The van der Waals surface area contributed by atoms with Crippen molar-refractivity contribution in [2.45, 2.75) is 71.3 Å². The molecule has 1 aliphatic rings. The Morgan fingerprint density at radius 2 is 1.71 bits per heavy atom. The highest BCUT2D eigenvalue weighted by atomic mass is 16.4. The number of nitrogens with one attached hydrogen (secondary N) is 1. The van der Waals surface area contributed by atoms with Gasteiger partial charge in [-0.1, -0.05) is 39.5 Å². The summed E-state index contributed by atoms with van der Waals surface area (Å²) in [4.78, 5) is 23.7. The summed E-state index contributed by atoms with van der Waals surface area (Å²) in [6.07, 6.45) is 5.07. The minimum Gasteiger partial charge on any atom is -0.481 e. The zero-order valence-corrected chi connectivity index (χ0v) is 13.2. The molecule has 0 radical (unpaired) electrons. The van der Waals surface area contributed by atoms with E-state index in [0.29, 0.717) is 25.2 Å². The van der Waals surface area contributed by atoms with Crippen LogP contribution in [0.25, 0.3) is 0 Å². The molecule has 0 bridgehead atoms. The second kappa shape index (κ2) is 8.37. The molecule has 0 spiro atoms. The van der Waals surface area contributed by atoms with Gasteiger partial charge in [0.1, 0.15) is 0 Å². The van der Waals surface area contributed by atoms with Crippen LogP contribution in [0.4, 0.5) is 0 Å². The Balaban J connectivity index is 2.51. The fourth-order valence-electron chi connectivity index (χ4n) is 3.10. The third-order valence-electron chi connectivity index (χ3n) is 4.29. The van der Waals surface area contributed by atoms with Crippen molar-refractivity contribution in [3.05, 3.63) is 0 Å². The number of carboxylic acids is 1. The van der Waals surface area contributed by atoms with Gasteiger partial charge in [-0.3, -0.25) is 9.59 Å². The monoisotopic (exact) mass is 299 g/mol. The van der Waals surface area contributed by atoms with Crippen LogP contribution in [-0.2, 0) is 9.59 Å². The van der Waals surface area contributed by atoms with Crippen molar-refractivity contribution in [1.29, 1.82) is 0 Å². The topological polar surface area (TPSA) is 86.6 Å². The maximum Gasteiger partial charge on any atom is 0.310 e. The molecular weight excluding hydrogens is 270 g/mol. The van der Waals surface area contributed by atoms with E-state index >= 15 is 0 Å². The Hall–Kier alpha value is -1.10. The molecule has 122 valence electrons. The molecule has 21 heavy (non-hydrogen) atoms. The Morgan fingerprint density at radius 1 is 1.14 bits per heavy atom. The lowest BCUT2D eigenvalue weighted by atomic mass is 9.77. The maximum absolute atomic E-state index is 12.0. The number of amides is 1. The van der Waals surface area contributed by atoms with Gasteiger partial charge >= 0.3 is 5.97 Å². The van der Waals surface area contributed by atoms with Crippen LogP contribution in [0.1, 0.15) is 65.2 Å². The highest BCUT2D eigenvalue weighted by Gasteiger charge is 2.40. The van der Waals surface area contributed by atoms with Gasteiger partial charge in [0.2, 0.25) is 5.91 Å². The largest absolute Gasteiger partial charge is 0.481 e. The van der Waals surface area contributed by atoms with Gasteiger partial charge in [-0.15, -0.1) is 0 Å². The first-order valence-electron chi connectivity index (χ1n) is 8.04. The predicted molar refractivity (Wildman–Crippen MR) is 80.9 cm³/mol. The summed E-state index contributed by atoms with van der Waals surface area (Å²) in [6.45, 7) is 4.22. The first-order chi connectivity index (χ1) is 9.85. The summed E-state index contributed by atoms with van der Waals surface area (Å²) in [7, 11) is 0. The molecule has 0 aliphatic heterocycles.